The molecule has 248 valence electrons. The minimum absolute atomic E-state index is 0.198. The van der Waals surface area contributed by atoms with E-state index < -0.39 is 32.5 Å². The maximum absolute atomic E-state index is 12.2. The highest BCUT2D eigenvalue weighted by Crippen LogP contribution is 2.36. The minimum Gasteiger partial charge on any atom is -0.462 e. The molecule has 11 heteroatoms. The van der Waals surface area contributed by atoms with Crippen molar-refractivity contribution in [2.24, 2.45) is 0 Å². The first kappa shape index (κ1) is 41.1. The molecule has 0 aliphatic rings. The monoisotopic (exact) mass is 638 g/mol. The molecule has 0 unspecified atom stereocenters. The highest BCUT2D eigenvalue weighted by Gasteiger charge is 2.22. The Balaban J connectivity index is 3.94. The van der Waals surface area contributed by atoms with Gasteiger partial charge in [0.05, 0.1) is 6.61 Å². The van der Waals surface area contributed by atoms with E-state index in [1.54, 1.807) is 6.92 Å². The summed E-state index contributed by atoms with van der Waals surface area (Å²) in [6.07, 6.45) is 21.7. The predicted octanol–water partition coefficient (Wildman–Crippen LogP) is 8.43. The number of phosphoric ester groups is 1. The van der Waals surface area contributed by atoms with E-state index >= 15 is 0 Å². The van der Waals surface area contributed by atoms with Crippen LogP contribution in [0.1, 0.15) is 155 Å². The van der Waals surface area contributed by atoms with Crippen molar-refractivity contribution in [1.82, 2.24) is 0 Å². The van der Waals surface area contributed by atoms with Gasteiger partial charge in [-0.25, -0.2) is 4.57 Å². The number of hydrogen-bond donors (Lipinski definition) is 2. The molecule has 0 radical (unpaired) electrons. The van der Waals surface area contributed by atoms with Crippen LogP contribution in [0.5, 0.6) is 0 Å². The van der Waals surface area contributed by atoms with Crippen molar-refractivity contribution >= 4 is 36.6 Å². The van der Waals surface area contributed by atoms with Gasteiger partial charge in [-0.3, -0.25) is 18.9 Å². The molecule has 0 amide bonds. The van der Waals surface area contributed by atoms with E-state index in [4.69, 9.17) is 19.3 Å². The predicted molar refractivity (Wildman–Crippen MR) is 169 cm³/mol. The molecule has 0 aliphatic heterocycles. The number of phosphoric acid groups is 1. The van der Waals surface area contributed by atoms with Crippen LogP contribution in [0.4, 0.5) is 0 Å². The van der Waals surface area contributed by atoms with E-state index in [2.05, 4.69) is 11.4 Å². The Morgan fingerprint density at radius 1 is 0.643 bits per heavy atom. The second kappa shape index (κ2) is 28.8. The van der Waals surface area contributed by atoms with E-state index in [9.17, 15) is 18.9 Å². The molecule has 0 saturated heterocycles. The molecule has 0 bridgehead atoms. The van der Waals surface area contributed by atoms with Crippen molar-refractivity contribution < 1.29 is 42.7 Å². The van der Waals surface area contributed by atoms with Crippen molar-refractivity contribution in [3.05, 3.63) is 0 Å². The van der Waals surface area contributed by atoms with E-state index in [0.29, 0.717) is 12.8 Å². The first-order valence-corrected chi connectivity index (χ1v) is 18.8. The molecule has 0 aromatic carbocycles. The summed E-state index contributed by atoms with van der Waals surface area (Å²) in [5, 5.41) is 0.198. The van der Waals surface area contributed by atoms with Crippen molar-refractivity contribution in [2.45, 2.75) is 161 Å². The van der Waals surface area contributed by atoms with Crippen LogP contribution in [-0.2, 0) is 32.9 Å². The summed E-state index contributed by atoms with van der Waals surface area (Å²) < 4.78 is 26.1. The maximum atomic E-state index is 12.2. The molecule has 0 aromatic heterocycles. The fraction of sp³-hybridized carbons (Fsp3) is 0.903. The van der Waals surface area contributed by atoms with Crippen molar-refractivity contribution in [1.29, 1.82) is 0 Å². The lowest BCUT2D eigenvalue weighted by Gasteiger charge is -2.18. The van der Waals surface area contributed by atoms with Crippen LogP contribution in [0.25, 0.3) is 0 Å². The highest BCUT2D eigenvalue weighted by atomic mass is 32.2. The molecule has 0 heterocycles. The summed E-state index contributed by atoms with van der Waals surface area (Å²) in [5.41, 5.74) is 0. The quantitative estimate of drug-likeness (QED) is 0.0448. The lowest BCUT2D eigenvalue weighted by Crippen LogP contribution is -2.29. The van der Waals surface area contributed by atoms with E-state index in [1.807, 2.05) is 0 Å². The molecule has 0 aromatic rings. The lowest BCUT2D eigenvalue weighted by molar-refractivity contribution is -0.161. The van der Waals surface area contributed by atoms with Crippen molar-refractivity contribution in [2.75, 3.05) is 19.0 Å². The van der Waals surface area contributed by atoms with E-state index in [-0.39, 0.29) is 24.6 Å². The molecular formula is C31H59O9PS. The Bertz CT molecular complexity index is 729. The summed E-state index contributed by atoms with van der Waals surface area (Å²) in [7, 11) is -4.74. The molecule has 42 heavy (non-hydrogen) atoms. The zero-order valence-corrected chi connectivity index (χ0v) is 28.1. The Kier molecular flexibility index (Phi) is 28.2. The van der Waals surface area contributed by atoms with Crippen LogP contribution < -0.4 is 0 Å². The number of esters is 2. The standard InChI is InChI=1S/C31H59O9PS/c1-3-4-5-6-7-11-15-18-21-24-31(34)40-29(27-39-41(35,36)37)26-38-30(33)23-20-17-14-12-9-8-10-13-16-19-22-25-42-28(2)32/h29H,3-27H2,1-2H3,(H2,35,36,37)/t29-/m1/s1. The fourth-order valence-electron chi connectivity index (χ4n) is 4.56. The Morgan fingerprint density at radius 2 is 1.07 bits per heavy atom. The van der Waals surface area contributed by atoms with Crippen LogP contribution in [-0.4, -0.2) is 51.9 Å². The van der Waals surface area contributed by atoms with Gasteiger partial charge < -0.3 is 19.3 Å². The molecule has 0 spiro atoms. The Hall–Kier alpha value is -0.930. The van der Waals surface area contributed by atoms with Crippen LogP contribution in [0, 0.1) is 0 Å². The van der Waals surface area contributed by atoms with Crippen LogP contribution >= 0.6 is 19.6 Å². The molecular weight excluding hydrogens is 579 g/mol. The fourth-order valence-corrected chi connectivity index (χ4v) is 5.55. The first-order chi connectivity index (χ1) is 20.1. The number of hydrogen-bond acceptors (Lipinski definition) is 8. The largest absolute Gasteiger partial charge is 0.469 e. The summed E-state index contributed by atoms with van der Waals surface area (Å²) in [6.45, 7) is 2.98. The summed E-state index contributed by atoms with van der Waals surface area (Å²) >= 11 is 1.41. The normalized spacial score (nSPS) is 12.3. The van der Waals surface area contributed by atoms with Crippen molar-refractivity contribution in [3.8, 4) is 0 Å². The number of carbonyl (C=O) groups is 3. The molecule has 9 nitrogen and oxygen atoms in total. The van der Waals surface area contributed by atoms with Gasteiger partial charge in [0.1, 0.15) is 6.61 Å². The number of ether oxygens (including phenoxy) is 2. The Morgan fingerprint density at radius 3 is 1.52 bits per heavy atom. The summed E-state index contributed by atoms with van der Waals surface area (Å²) in [5.74, 6) is 0.0198. The van der Waals surface area contributed by atoms with Crippen LogP contribution in [0.2, 0.25) is 0 Å². The molecule has 2 N–H and O–H groups in total. The van der Waals surface area contributed by atoms with Crippen molar-refractivity contribution in [3.63, 3.8) is 0 Å². The number of carbonyl (C=O) groups excluding carboxylic acids is 3. The van der Waals surface area contributed by atoms with E-state index in [0.717, 1.165) is 50.7 Å². The zero-order chi connectivity index (χ0) is 31.3. The van der Waals surface area contributed by atoms with Gasteiger partial charge in [-0.05, 0) is 19.3 Å². The van der Waals surface area contributed by atoms with Crippen LogP contribution in [0.3, 0.4) is 0 Å². The number of thioether (sulfide) groups is 1. The van der Waals surface area contributed by atoms with Gasteiger partial charge in [0.2, 0.25) is 0 Å². The Labute approximate surface area is 259 Å². The molecule has 0 saturated carbocycles. The molecule has 0 rings (SSSR count). The number of unbranched alkanes of at least 4 members (excludes halogenated alkanes) is 18. The number of rotatable bonds is 30. The van der Waals surface area contributed by atoms with Gasteiger partial charge in [-0.1, -0.05) is 128 Å². The van der Waals surface area contributed by atoms with Gasteiger partial charge in [-0.15, -0.1) is 0 Å². The second-order valence-electron chi connectivity index (χ2n) is 11.1. The van der Waals surface area contributed by atoms with Gasteiger partial charge >= 0.3 is 19.8 Å². The van der Waals surface area contributed by atoms with Crippen LogP contribution in [0.15, 0.2) is 0 Å². The van der Waals surface area contributed by atoms with Gasteiger partial charge in [0, 0.05) is 25.5 Å². The highest BCUT2D eigenvalue weighted by molar-refractivity contribution is 8.13. The summed E-state index contributed by atoms with van der Waals surface area (Å²) in [6, 6.07) is 0. The maximum Gasteiger partial charge on any atom is 0.469 e. The third-order valence-corrected chi connectivity index (χ3v) is 8.36. The van der Waals surface area contributed by atoms with Gasteiger partial charge in [0.25, 0.3) is 0 Å². The zero-order valence-electron chi connectivity index (χ0n) is 26.4. The average molecular weight is 639 g/mol. The average Bonchev–Trinajstić information content (AvgIpc) is 2.93. The third kappa shape index (κ3) is 32.0. The molecule has 1 atom stereocenters. The topological polar surface area (TPSA) is 136 Å². The minimum atomic E-state index is -4.74. The van der Waals surface area contributed by atoms with E-state index in [1.165, 1.54) is 82.4 Å². The smallest absolute Gasteiger partial charge is 0.462 e. The third-order valence-electron chi connectivity index (χ3n) is 6.97. The SMILES string of the molecule is CCCCCCCCCCCC(=O)O[C@H](COC(=O)CCCCCCCCCCCCCSC(C)=O)COP(=O)(O)O. The van der Waals surface area contributed by atoms with Gasteiger partial charge in [-0.2, -0.15) is 0 Å². The second-order valence-corrected chi connectivity index (χ2v) is 13.6. The first-order valence-electron chi connectivity index (χ1n) is 16.3. The lowest BCUT2D eigenvalue weighted by atomic mass is 10.1. The van der Waals surface area contributed by atoms with Gasteiger partial charge in [0.15, 0.2) is 11.2 Å². The summed E-state index contributed by atoms with van der Waals surface area (Å²) in [4.78, 5) is 53.3. The molecule has 0 aliphatic carbocycles. The molecule has 0 fully saturated rings.